The first kappa shape index (κ1) is 12.4. The molecule has 0 aromatic carbocycles. The lowest BCUT2D eigenvalue weighted by Gasteiger charge is -2.28. The second-order valence-corrected chi connectivity index (χ2v) is 5.99. The van der Waals surface area contributed by atoms with Crippen molar-refractivity contribution in [3.63, 3.8) is 0 Å². The fourth-order valence-electron chi connectivity index (χ4n) is 2.53. The van der Waals surface area contributed by atoms with Crippen molar-refractivity contribution in [2.45, 2.75) is 61.9 Å². The lowest BCUT2D eigenvalue weighted by Crippen LogP contribution is -2.43. The molecule has 0 aromatic rings. The van der Waals surface area contributed by atoms with Gasteiger partial charge < -0.3 is 10.1 Å². The molecule has 92 valence electrons. The minimum atomic E-state index is 0.156. The van der Waals surface area contributed by atoms with Gasteiger partial charge >= 0.3 is 0 Å². The van der Waals surface area contributed by atoms with E-state index in [4.69, 9.17) is 4.74 Å². The summed E-state index contributed by atoms with van der Waals surface area (Å²) in [6.45, 7) is 0.822. The molecule has 16 heavy (non-hydrogen) atoms. The van der Waals surface area contributed by atoms with Crippen LogP contribution in [-0.2, 0) is 9.53 Å². The van der Waals surface area contributed by atoms with Crippen molar-refractivity contribution in [2.24, 2.45) is 0 Å². The average molecular weight is 290 g/mol. The molecule has 3 unspecified atom stereocenters. The molecule has 0 aromatic heterocycles. The van der Waals surface area contributed by atoms with E-state index in [1.807, 2.05) is 0 Å². The van der Waals surface area contributed by atoms with Crippen molar-refractivity contribution in [3.8, 4) is 0 Å². The molecule has 0 spiro atoms. The Morgan fingerprint density at radius 1 is 1.25 bits per heavy atom. The number of carbonyl (C=O) groups is 1. The topological polar surface area (TPSA) is 38.3 Å². The third-order valence-corrected chi connectivity index (χ3v) is 4.56. The number of rotatable bonds is 3. The van der Waals surface area contributed by atoms with Crippen LogP contribution in [0.15, 0.2) is 0 Å². The smallest absolute Gasteiger partial charge is 0.222 e. The Morgan fingerprint density at radius 2 is 2.06 bits per heavy atom. The van der Waals surface area contributed by atoms with Crippen molar-refractivity contribution in [1.82, 2.24) is 5.32 Å². The zero-order valence-electron chi connectivity index (χ0n) is 9.58. The number of ether oxygens (including phenoxy) is 1. The van der Waals surface area contributed by atoms with Gasteiger partial charge in [0.05, 0.1) is 12.5 Å². The van der Waals surface area contributed by atoms with E-state index in [1.165, 1.54) is 19.3 Å². The van der Waals surface area contributed by atoms with Crippen molar-refractivity contribution in [1.29, 1.82) is 0 Å². The summed E-state index contributed by atoms with van der Waals surface area (Å²) >= 11 is 3.65. The number of hydrogen-bond acceptors (Lipinski definition) is 2. The van der Waals surface area contributed by atoms with Crippen LogP contribution in [0, 0.1) is 0 Å². The zero-order chi connectivity index (χ0) is 11.4. The molecule has 1 saturated carbocycles. The van der Waals surface area contributed by atoms with Crippen LogP contribution in [0.2, 0.25) is 0 Å². The van der Waals surface area contributed by atoms with Crippen LogP contribution < -0.4 is 5.32 Å². The molecule has 0 bridgehead atoms. The molecule has 4 heteroatoms. The third-order valence-electron chi connectivity index (χ3n) is 3.47. The van der Waals surface area contributed by atoms with Crippen LogP contribution in [0.4, 0.5) is 0 Å². The number of nitrogens with one attached hydrogen (secondary N) is 1. The molecule has 3 atom stereocenters. The molecule has 1 aliphatic carbocycles. The predicted molar refractivity (Wildman–Crippen MR) is 66.7 cm³/mol. The molecule has 0 radical (unpaired) electrons. The standard InChI is InChI=1S/C12H20BrNO2/c13-10-5-1-2-6-11(10)14-12(15)8-9-4-3-7-16-9/h9-11H,1-8H2,(H,14,15). The van der Waals surface area contributed by atoms with E-state index < -0.39 is 0 Å². The molecule has 1 N–H and O–H groups in total. The molecule has 3 nitrogen and oxygen atoms in total. The normalized spacial score (nSPS) is 34.9. The van der Waals surface area contributed by atoms with Crippen molar-refractivity contribution in [3.05, 3.63) is 0 Å². The van der Waals surface area contributed by atoms with Gasteiger partial charge in [0.25, 0.3) is 0 Å². The van der Waals surface area contributed by atoms with Gasteiger partial charge in [0, 0.05) is 17.5 Å². The van der Waals surface area contributed by atoms with Gasteiger partial charge in [-0.1, -0.05) is 28.8 Å². The molecule has 2 fully saturated rings. The second-order valence-electron chi connectivity index (χ2n) is 4.81. The van der Waals surface area contributed by atoms with Crippen LogP contribution in [0.25, 0.3) is 0 Å². The van der Waals surface area contributed by atoms with Gasteiger partial charge in [0.2, 0.25) is 5.91 Å². The Hall–Kier alpha value is -0.0900. The first-order chi connectivity index (χ1) is 7.75. The highest BCUT2D eigenvalue weighted by Gasteiger charge is 2.26. The summed E-state index contributed by atoms with van der Waals surface area (Å²) in [5, 5.41) is 3.13. The van der Waals surface area contributed by atoms with Crippen LogP contribution in [0.3, 0.4) is 0 Å². The zero-order valence-corrected chi connectivity index (χ0v) is 11.2. The van der Waals surface area contributed by atoms with Crippen LogP contribution in [0.5, 0.6) is 0 Å². The Kier molecular flexibility index (Phi) is 4.65. The lowest BCUT2D eigenvalue weighted by molar-refractivity contribution is -0.124. The van der Waals surface area contributed by atoms with E-state index in [0.29, 0.717) is 17.3 Å². The van der Waals surface area contributed by atoms with E-state index in [-0.39, 0.29) is 12.0 Å². The monoisotopic (exact) mass is 289 g/mol. The number of carbonyl (C=O) groups excluding carboxylic acids is 1. The van der Waals surface area contributed by atoms with Gasteiger partial charge in [0.15, 0.2) is 0 Å². The molecule has 1 heterocycles. The number of alkyl halides is 1. The summed E-state index contributed by atoms with van der Waals surface area (Å²) in [6.07, 6.45) is 7.62. The first-order valence-corrected chi connectivity index (χ1v) is 7.22. The van der Waals surface area contributed by atoms with Gasteiger partial charge in [-0.15, -0.1) is 0 Å². The SMILES string of the molecule is O=C(CC1CCCO1)NC1CCCCC1Br. The van der Waals surface area contributed by atoms with E-state index in [2.05, 4.69) is 21.2 Å². The molecule has 1 aliphatic heterocycles. The van der Waals surface area contributed by atoms with Crippen molar-refractivity contribution >= 4 is 21.8 Å². The predicted octanol–water partition coefficient (Wildman–Crippen LogP) is 2.38. The summed E-state index contributed by atoms with van der Waals surface area (Å²) in [5.74, 6) is 0.156. The van der Waals surface area contributed by atoms with Gasteiger partial charge in [-0.05, 0) is 25.7 Å². The van der Waals surface area contributed by atoms with Gasteiger partial charge in [-0.2, -0.15) is 0 Å². The Morgan fingerprint density at radius 3 is 2.75 bits per heavy atom. The molecule has 2 rings (SSSR count). The molecule has 1 amide bonds. The number of hydrogen-bond donors (Lipinski definition) is 1. The summed E-state index contributed by atoms with van der Waals surface area (Å²) < 4.78 is 5.47. The van der Waals surface area contributed by atoms with E-state index in [1.54, 1.807) is 0 Å². The molecular formula is C12H20BrNO2. The molecule has 2 aliphatic rings. The maximum atomic E-state index is 11.8. The largest absolute Gasteiger partial charge is 0.378 e. The summed E-state index contributed by atoms with van der Waals surface area (Å²) in [6, 6.07) is 0.322. The highest BCUT2D eigenvalue weighted by atomic mass is 79.9. The van der Waals surface area contributed by atoms with Crippen molar-refractivity contribution in [2.75, 3.05) is 6.61 Å². The van der Waals surface area contributed by atoms with E-state index in [0.717, 1.165) is 25.9 Å². The quantitative estimate of drug-likeness (QED) is 0.810. The Bertz CT molecular complexity index is 241. The minimum Gasteiger partial charge on any atom is -0.378 e. The lowest BCUT2D eigenvalue weighted by atomic mass is 9.95. The number of amides is 1. The summed E-state index contributed by atoms with van der Waals surface area (Å²) in [4.78, 5) is 12.3. The highest BCUT2D eigenvalue weighted by Crippen LogP contribution is 2.24. The van der Waals surface area contributed by atoms with Crippen molar-refractivity contribution < 1.29 is 9.53 Å². The highest BCUT2D eigenvalue weighted by molar-refractivity contribution is 9.09. The van der Waals surface area contributed by atoms with E-state index >= 15 is 0 Å². The molecule has 1 saturated heterocycles. The minimum absolute atomic E-state index is 0.156. The number of halogens is 1. The van der Waals surface area contributed by atoms with Crippen LogP contribution in [0.1, 0.15) is 44.9 Å². The molecular weight excluding hydrogens is 270 g/mol. The second kappa shape index (κ2) is 6.01. The third kappa shape index (κ3) is 3.45. The van der Waals surface area contributed by atoms with Crippen LogP contribution in [-0.4, -0.2) is 29.5 Å². The van der Waals surface area contributed by atoms with Gasteiger partial charge in [-0.25, -0.2) is 0 Å². The Balaban J connectivity index is 1.72. The maximum absolute atomic E-state index is 11.8. The van der Waals surface area contributed by atoms with Crippen LogP contribution >= 0.6 is 15.9 Å². The van der Waals surface area contributed by atoms with E-state index in [9.17, 15) is 4.79 Å². The fourth-order valence-corrected chi connectivity index (χ4v) is 3.25. The maximum Gasteiger partial charge on any atom is 0.222 e. The Labute approximate surface area is 105 Å². The fraction of sp³-hybridized carbons (Fsp3) is 0.917. The first-order valence-electron chi connectivity index (χ1n) is 6.31. The average Bonchev–Trinajstić information content (AvgIpc) is 2.74. The summed E-state index contributed by atoms with van der Waals surface area (Å²) in [5.41, 5.74) is 0. The van der Waals surface area contributed by atoms with Gasteiger partial charge in [0.1, 0.15) is 0 Å². The van der Waals surface area contributed by atoms with Gasteiger partial charge in [-0.3, -0.25) is 4.79 Å². The summed E-state index contributed by atoms with van der Waals surface area (Å²) in [7, 11) is 0.